The summed E-state index contributed by atoms with van der Waals surface area (Å²) in [7, 11) is 2.33. The van der Waals surface area contributed by atoms with Crippen LogP contribution < -0.4 is 10.7 Å². The van der Waals surface area contributed by atoms with Crippen molar-refractivity contribution in [2.45, 2.75) is 6.92 Å². The fourth-order valence-electron chi connectivity index (χ4n) is 2.43. The number of ether oxygens (including phenoxy) is 2. The highest BCUT2D eigenvalue weighted by Crippen LogP contribution is 2.20. The van der Waals surface area contributed by atoms with Gasteiger partial charge in [-0.3, -0.25) is 25.1 Å². The zero-order valence-electron chi connectivity index (χ0n) is 17.2. The molecule has 0 saturated carbocycles. The smallest absolute Gasteiger partial charge is 0.340 e. The quantitative estimate of drug-likeness (QED) is 0.205. The van der Waals surface area contributed by atoms with Crippen molar-refractivity contribution >= 4 is 46.4 Å². The molecule has 0 aliphatic carbocycles. The number of rotatable bonds is 8. The fourth-order valence-corrected chi connectivity index (χ4v) is 2.43. The van der Waals surface area contributed by atoms with Gasteiger partial charge in [0.25, 0.3) is 11.6 Å². The summed E-state index contributed by atoms with van der Waals surface area (Å²) in [5, 5.41) is 16.9. The summed E-state index contributed by atoms with van der Waals surface area (Å²) in [5.41, 5.74) is 1.95. The minimum atomic E-state index is -0.900. The van der Waals surface area contributed by atoms with Crippen LogP contribution in [-0.2, 0) is 19.1 Å². The van der Waals surface area contributed by atoms with E-state index in [1.165, 1.54) is 49.6 Å². The summed E-state index contributed by atoms with van der Waals surface area (Å²) in [6.07, 6.45) is 0. The molecule has 0 atom stereocenters. The molecular weight excluding hydrogens is 424 g/mol. The molecule has 1 amide bonds. The number of methoxy groups -OCH3 is 2. The van der Waals surface area contributed by atoms with Crippen LogP contribution in [0.25, 0.3) is 0 Å². The topological polar surface area (TPSA) is 166 Å². The number of nitro benzene ring substituents is 1. The molecule has 0 fully saturated rings. The molecule has 12 nitrogen and oxygen atoms in total. The number of hydrogen-bond acceptors (Lipinski definition) is 10. The molecular formula is C20H18N4O8. The van der Waals surface area contributed by atoms with Crippen LogP contribution in [0.4, 0.5) is 17.1 Å². The van der Waals surface area contributed by atoms with Crippen LogP contribution in [0.15, 0.2) is 47.6 Å². The first-order valence-electron chi connectivity index (χ1n) is 8.89. The number of ketones is 1. The van der Waals surface area contributed by atoms with E-state index in [0.29, 0.717) is 0 Å². The highest BCUT2D eigenvalue weighted by Gasteiger charge is 2.20. The van der Waals surface area contributed by atoms with Crippen molar-refractivity contribution in [1.82, 2.24) is 0 Å². The van der Waals surface area contributed by atoms with Crippen LogP contribution in [0, 0.1) is 10.1 Å². The van der Waals surface area contributed by atoms with E-state index in [0.717, 1.165) is 14.0 Å². The van der Waals surface area contributed by atoms with Gasteiger partial charge in [-0.25, -0.2) is 9.59 Å². The van der Waals surface area contributed by atoms with Gasteiger partial charge in [0.2, 0.25) is 0 Å². The molecule has 0 heterocycles. The Bertz CT molecular complexity index is 1110. The monoisotopic (exact) mass is 442 g/mol. The normalized spacial score (nSPS) is 10.7. The van der Waals surface area contributed by atoms with E-state index in [4.69, 9.17) is 0 Å². The van der Waals surface area contributed by atoms with Crippen molar-refractivity contribution in [3.8, 4) is 0 Å². The van der Waals surface area contributed by atoms with Gasteiger partial charge in [0, 0.05) is 24.7 Å². The average molecular weight is 442 g/mol. The Hall–Kier alpha value is -4.61. The molecule has 0 saturated heterocycles. The molecule has 0 aliphatic heterocycles. The Balaban J connectivity index is 2.33. The molecule has 0 unspecified atom stereocenters. The maximum absolute atomic E-state index is 12.5. The van der Waals surface area contributed by atoms with Crippen molar-refractivity contribution in [3.63, 3.8) is 0 Å². The lowest BCUT2D eigenvalue weighted by Crippen LogP contribution is -2.29. The Kier molecular flexibility index (Phi) is 7.71. The van der Waals surface area contributed by atoms with E-state index in [1.807, 2.05) is 0 Å². The summed E-state index contributed by atoms with van der Waals surface area (Å²) >= 11 is 0. The van der Waals surface area contributed by atoms with Gasteiger partial charge < -0.3 is 14.8 Å². The lowest BCUT2D eigenvalue weighted by molar-refractivity contribution is -0.384. The first-order chi connectivity index (χ1) is 15.2. The van der Waals surface area contributed by atoms with Crippen molar-refractivity contribution in [3.05, 3.63) is 63.7 Å². The fraction of sp³-hybridized carbons (Fsp3) is 0.150. The number of benzene rings is 2. The van der Waals surface area contributed by atoms with Gasteiger partial charge in [0.05, 0.1) is 36.0 Å². The van der Waals surface area contributed by atoms with Gasteiger partial charge >= 0.3 is 11.9 Å². The van der Waals surface area contributed by atoms with Crippen LogP contribution in [-0.4, -0.2) is 48.5 Å². The first-order valence-corrected chi connectivity index (χ1v) is 8.89. The van der Waals surface area contributed by atoms with Crippen LogP contribution in [0.2, 0.25) is 0 Å². The predicted octanol–water partition coefficient (Wildman–Crippen LogP) is 2.16. The number of hydrazone groups is 1. The molecule has 2 aromatic rings. The number of carbonyl (C=O) groups excluding carboxylic acids is 4. The van der Waals surface area contributed by atoms with E-state index in [9.17, 15) is 29.3 Å². The van der Waals surface area contributed by atoms with Crippen LogP contribution in [0.5, 0.6) is 0 Å². The minimum absolute atomic E-state index is 0.0115. The number of nitro groups is 1. The molecule has 0 radical (unpaired) electrons. The number of nitrogens with zero attached hydrogens (tertiary/aromatic N) is 2. The molecule has 166 valence electrons. The second kappa shape index (κ2) is 10.4. The lowest BCUT2D eigenvalue weighted by Gasteiger charge is -2.11. The molecule has 0 spiro atoms. The first kappa shape index (κ1) is 23.7. The number of esters is 2. The number of carbonyl (C=O) groups is 4. The van der Waals surface area contributed by atoms with Crippen LogP contribution in [0.1, 0.15) is 27.6 Å². The summed E-state index contributed by atoms with van der Waals surface area (Å²) in [6, 6.07) is 8.81. The average Bonchev–Trinajstić information content (AvgIpc) is 2.78. The lowest BCUT2D eigenvalue weighted by atomic mass is 10.1. The van der Waals surface area contributed by atoms with E-state index < -0.39 is 34.3 Å². The molecule has 2 aromatic carbocycles. The zero-order chi connectivity index (χ0) is 23.8. The Labute approximate surface area is 181 Å². The third-order valence-electron chi connectivity index (χ3n) is 4.02. The number of Topliss-reactive ketones (excluding diaryl/α,β-unsaturated/α-hetero) is 1. The van der Waals surface area contributed by atoms with Crippen molar-refractivity contribution in [2.75, 3.05) is 25.0 Å². The standard InChI is InChI=1S/C20H18N4O8/c1-11(25)17(18(26)21-13-5-7-14(8-6-13)24(29)30)23-22-16-10-12(19(27)31-2)4-9-15(16)20(28)32-3/h4-10,22H,1-3H3,(H,21,26)/b23-17-. The number of amides is 1. The number of nitrogens with one attached hydrogen (secondary N) is 2. The van der Waals surface area contributed by atoms with Crippen molar-refractivity contribution in [1.29, 1.82) is 0 Å². The summed E-state index contributed by atoms with van der Waals surface area (Å²) in [4.78, 5) is 58.3. The molecule has 0 aliphatic rings. The predicted molar refractivity (Wildman–Crippen MR) is 113 cm³/mol. The maximum Gasteiger partial charge on any atom is 0.340 e. The van der Waals surface area contributed by atoms with Gasteiger partial charge in [-0.15, -0.1) is 0 Å². The molecule has 32 heavy (non-hydrogen) atoms. The second-order valence-electron chi connectivity index (χ2n) is 6.13. The van der Waals surface area contributed by atoms with Crippen molar-refractivity contribution < 1.29 is 33.6 Å². The Morgan fingerprint density at radius 2 is 1.59 bits per heavy atom. The molecule has 2 N–H and O–H groups in total. The third kappa shape index (κ3) is 5.72. The van der Waals surface area contributed by atoms with E-state index in [-0.39, 0.29) is 28.2 Å². The second-order valence-corrected chi connectivity index (χ2v) is 6.13. The summed E-state index contributed by atoms with van der Waals surface area (Å²) < 4.78 is 9.30. The molecule has 0 bridgehead atoms. The van der Waals surface area contributed by atoms with Crippen LogP contribution >= 0.6 is 0 Å². The Morgan fingerprint density at radius 1 is 0.969 bits per heavy atom. The zero-order valence-corrected chi connectivity index (χ0v) is 17.2. The minimum Gasteiger partial charge on any atom is -0.465 e. The molecule has 2 rings (SSSR count). The largest absolute Gasteiger partial charge is 0.465 e. The third-order valence-corrected chi connectivity index (χ3v) is 4.02. The van der Waals surface area contributed by atoms with Gasteiger partial charge in [-0.1, -0.05) is 0 Å². The van der Waals surface area contributed by atoms with Crippen molar-refractivity contribution in [2.24, 2.45) is 5.10 Å². The number of anilines is 2. The number of non-ortho nitro benzene ring substituents is 1. The number of hydrogen-bond donors (Lipinski definition) is 2. The van der Waals surface area contributed by atoms with Gasteiger partial charge in [-0.2, -0.15) is 5.10 Å². The van der Waals surface area contributed by atoms with Crippen LogP contribution in [0.3, 0.4) is 0 Å². The van der Waals surface area contributed by atoms with E-state index in [2.05, 4.69) is 25.3 Å². The Morgan fingerprint density at radius 3 is 2.12 bits per heavy atom. The maximum atomic E-state index is 12.5. The van der Waals surface area contributed by atoms with E-state index in [1.54, 1.807) is 0 Å². The van der Waals surface area contributed by atoms with E-state index >= 15 is 0 Å². The SMILES string of the molecule is COC(=O)c1ccc(C(=O)OC)c(N/N=C(/C(C)=O)C(=O)Nc2ccc([N+](=O)[O-])cc2)c1. The highest BCUT2D eigenvalue weighted by molar-refractivity contribution is 6.67. The highest BCUT2D eigenvalue weighted by atomic mass is 16.6. The van der Waals surface area contributed by atoms with Gasteiger partial charge in [0.15, 0.2) is 11.5 Å². The summed E-state index contributed by atoms with van der Waals surface area (Å²) in [5.74, 6) is -3.04. The summed E-state index contributed by atoms with van der Waals surface area (Å²) in [6.45, 7) is 1.10. The van der Waals surface area contributed by atoms with Gasteiger partial charge in [0.1, 0.15) is 0 Å². The van der Waals surface area contributed by atoms with Gasteiger partial charge in [-0.05, 0) is 30.3 Å². The molecule has 12 heteroatoms. The molecule has 0 aromatic heterocycles.